The zero-order valence-corrected chi connectivity index (χ0v) is 9.87. The van der Waals surface area contributed by atoms with Crippen LogP contribution in [-0.2, 0) is 4.79 Å². The molecule has 0 saturated heterocycles. The van der Waals surface area contributed by atoms with E-state index in [1.54, 1.807) is 0 Å². The molecule has 0 aliphatic heterocycles. The molecule has 0 radical (unpaired) electrons. The molecule has 3 saturated carbocycles. The summed E-state index contributed by atoms with van der Waals surface area (Å²) < 4.78 is 0. The second kappa shape index (κ2) is 3.73. The molecule has 3 aliphatic rings. The first-order valence-corrected chi connectivity index (χ1v) is 6.75. The molecule has 3 nitrogen and oxygen atoms in total. The van der Waals surface area contributed by atoms with Gasteiger partial charge in [0.1, 0.15) is 0 Å². The molecular weight excluding hydrogens is 200 g/mol. The van der Waals surface area contributed by atoms with Crippen LogP contribution in [0.4, 0.5) is 0 Å². The third-order valence-electron chi connectivity index (χ3n) is 4.53. The maximum Gasteiger partial charge on any atom is 0.223 e. The first kappa shape index (κ1) is 10.6. The van der Waals surface area contributed by atoms with E-state index < -0.39 is 0 Å². The number of amides is 1. The van der Waals surface area contributed by atoms with E-state index in [9.17, 15) is 4.79 Å². The van der Waals surface area contributed by atoms with E-state index in [0.717, 1.165) is 12.8 Å². The summed E-state index contributed by atoms with van der Waals surface area (Å²) in [5.41, 5.74) is 6.04. The van der Waals surface area contributed by atoms with Crippen molar-refractivity contribution >= 4 is 5.91 Å². The zero-order chi connectivity index (χ0) is 11.2. The fourth-order valence-electron chi connectivity index (χ4n) is 2.91. The molecule has 90 valence electrons. The van der Waals surface area contributed by atoms with E-state index in [2.05, 4.69) is 5.32 Å². The molecule has 16 heavy (non-hydrogen) atoms. The summed E-state index contributed by atoms with van der Waals surface area (Å²) in [6.45, 7) is 0.696. The fraction of sp³-hybridized carbons (Fsp3) is 0.923. The third-order valence-corrected chi connectivity index (χ3v) is 4.53. The summed E-state index contributed by atoms with van der Waals surface area (Å²) >= 11 is 0. The summed E-state index contributed by atoms with van der Waals surface area (Å²) in [6, 6.07) is 0. The Balaban J connectivity index is 1.51. The minimum atomic E-state index is -0.0761. The summed E-state index contributed by atoms with van der Waals surface area (Å²) in [7, 11) is 0. The number of hydrogen-bond donors (Lipinski definition) is 2. The molecular formula is C13H22N2O. The van der Waals surface area contributed by atoms with Crippen LogP contribution in [0.15, 0.2) is 0 Å². The summed E-state index contributed by atoms with van der Waals surface area (Å²) in [6.07, 6.45) is 8.44. The molecule has 0 aromatic heterocycles. The van der Waals surface area contributed by atoms with Gasteiger partial charge in [-0.25, -0.2) is 0 Å². The zero-order valence-electron chi connectivity index (χ0n) is 9.87. The van der Waals surface area contributed by atoms with Crippen molar-refractivity contribution in [3.8, 4) is 0 Å². The number of carbonyl (C=O) groups is 1. The molecule has 3 heteroatoms. The van der Waals surface area contributed by atoms with Crippen molar-refractivity contribution in [1.82, 2.24) is 5.32 Å². The first-order valence-electron chi connectivity index (χ1n) is 6.75. The second-order valence-electron chi connectivity index (χ2n) is 6.13. The molecule has 1 amide bonds. The minimum absolute atomic E-state index is 0.0761. The van der Waals surface area contributed by atoms with Crippen LogP contribution in [-0.4, -0.2) is 18.0 Å². The monoisotopic (exact) mass is 222 g/mol. The second-order valence-corrected chi connectivity index (χ2v) is 6.13. The molecule has 3 N–H and O–H groups in total. The summed E-state index contributed by atoms with van der Waals surface area (Å²) in [5.74, 6) is 2.01. The standard InChI is InChI=1S/C13H22N2O/c14-13(6-1-7-13)8-15-12(16)11(9-2-3-9)10-4-5-10/h9-11H,1-8,14H2,(H,15,16). The molecule has 0 spiro atoms. The van der Waals surface area contributed by atoms with Crippen molar-refractivity contribution in [2.75, 3.05) is 6.54 Å². The highest BCUT2D eigenvalue weighted by Crippen LogP contribution is 2.49. The van der Waals surface area contributed by atoms with Gasteiger partial charge in [0.05, 0.1) is 0 Å². The van der Waals surface area contributed by atoms with Crippen molar-refractivity contribution in [2.24, 2.45) is 23.5 Å². The number of nitrogens with one attached hydrogen (secondary N) is 1. The summed E-state index contributed by atoms with van der Waals surface area (Å²) in [4.78, 5) is 12.1. The lowest BCUT2D eigenvalue weighted by molar-refractivity contribution is -0.126. The van der Waals surface area contributed by atoms with E-state index >= 15 is 0 Å². The van der Waals surface area contributed by atoms with Gasteiger partial charge >= 0.3 is 0 Å². The Labute approximate surface area is 97.2 Å². The van der Waals surface area contributed by atoms with Gasteiger partial charge in [-0.3, -0.25) is 4.79 Å². The smallest absolute Gasteiger partial charge is 0.223 e. The number of hydrogen-bond acceptors (Lipinski definition) is 2. The van der Waals surface area contributed by atoms with E-state index in [1.165, 1.54) is 32.1 Å². The average Bonchev–Trinajstić information content (AvgIpc) is 3.04. The van der Waals surface area contributed by atoms with Crippen molar-refractivity contribution in [2.45, 2.75) is 50.5 Å². The van der Waals surface area contributed by atoms with Crippen LogP contribution in [0.3, 0.4) is 0 Å². The largest absolute Gasteiger partial charge is 0.354 e. The Hall–Kier alpha value is -0.570. The lowest BCUT2D eigenvalue weighted by atomic mass is 9.77. The van der Waals surface area contributed by atoms with Crippen LogP contribution < -0.4 is 11.1 Å². The maximum absolute atomic E-state index is 12.1. The van der Waals surface area contributed by atoms with Crippen LogP contribution in [0.2, 0.25) is 0 Å². The van der Waals surface area contributed by atoms with Crippen molar-refractivity contribution < 1.29 is 4.79 Å². The van der Waals surface area contributed by atoms with Gasteiger partial charge in [0.15, 0.2) is 0 Å². The van der Waals surface area contributed by atoms with E-state index in [1.807, 2.05) is 0 Å². The van der Waals surface area contributed by atoms with Gasteiger partial charge in [-0.05, 0) is 56.8 Å². The van der Waals surface area contributed by atoms with E-state index in [-0.39, 0.29) is 5.54 Å². The van der Waals surface area contributed by atoms with Gasteiger partial charge in [-0.15, -0.1) is 0 Å². The molecule has 0 aromatic carbocycles. The Bertz CT molecular complexity index is 278. The SMILES string of the molecule is NC1(CNC(=O)C(C2CC2)C2CC2)CCC1. The fourth-order valence-corrected chi connectivity index (χ4v) is 2.91. The Morgan fingerprint density at radius 3 is 2.19 bits per heavy atom. The minimum Gasteiger partial charge on any atom is -0.354 e. The van der Waals surface area contributed by atoms with Crippen molar-refractivity contribution in [3.63, 3.8) is 0 Å². The highest BCUT2D eigenvalue weighted by Gasteiger charge is 2.46. The highest BCUT2D eigenvalue weighted by atomic mass is 16.1. The van der Waals surface area contributed by atoms with E-state index in [4.69, 9.17) is 5.73 Å². The Morgan fingerprint density at radius 2 is 1.81 bits per heavy atom. The van der Waals surface area contributed by atoms with Gasteiger partial charge in [-0.1, -0.05) is 0 Å². The van der Waals surface area contributed by atoms with Crippen molar-refractivity contribution in [3.05, 3.63) is 0 Å². The number of rotatable bonds is 5. The third kappa shape index (κ3) is 2.10. The van der Waals surface area contributed by atoms with Gasteiger partial charge in [0, 0.05) is 18.0 Å². The lowest BCUT2D eigenvalue weighted by Crippen LogP contribution is -2.55. The Morgan fingerprint density at radius 1 is 1.25 bits per heavy atom. The maximum atomic E-state index is 12.1. The van der Waals surface area contributed by atoms with Gasteiger partial charge in [-0.2, -0.15) is 0 Å². The molecule has 0 atom stereocenters. The van der Waals surface area contributed by atoms with Crippen LogP contribution in [0.25, 0.3) is 0 Å². The number of carbonyl (C=O) groups excluding carboxylic acids is 1. The average molecular weight is 222 g/mol. The lowest BCUT2D eigenvalue weighted by Gasteiger charge is -2.38. The quantitative estimate of drug-likeness (QED) is 0.739. The first-order chi connectivity index (χ1) is 7.68. The normalized spacial score (nSPS) is 27.6. The molecule has 3 fully saturated rings. The van der Waals surface area contributed by atoms with Gasteiger partial charge in [0.25, 0.3) is 0 Å². The summed E-state index contributed by atoms with van der Waals surface area (Å²) in [5, 5.41) is 3.10. The van der Waals surface area contributed by atoms with Gasteiger partial charge < -0.3 is 11.1 Å². The predicted molar refractivity (Wildman–Crippen MR) is 62.7 cm³/mol. The van der Waals surface area contributed by atoms with Crippen LogP contribution in [0.1, 0.15) is 44.9 Å². The molecule has 3 rings (SSSR count). The number of nitrogens with two attached hydrogens (primary N) is 1. The van der Waals surface area contributed by atoms with Crippen LogP contribution >= 0.6 is 0 Å². The van der Waals surface area contributed by atoms with Crippen LogP contribution in [0, 0.1) is 17.8 Å². The molecule has 3 aliphatic carbocycles. The molecule has 0 bridgehead atoms. The predicted octanol–water partition coefficient (Wildman–Crippen LogP) is 1.42. The molecule has 0 unspecified atom stereocenters. The van der Waals surface area contributed by atoms with Crippen LogP contribution in [0.5, 0.6) is 0 Å². The van der Waals surface area contributed by atoms with E-state index in [0.29, 0.717) is 30.2 Å². The molecule has 0 heterocycles. The van der Waals surface area contributed by atoms with Gasteiger partial charge in [0.2, 0.25) is 5.91 Å². The highest BCUT2D eigenvalue weighted by molar-refractivity contribution is 5.80. The Kier molecular flexibility index (Phi) is 2.46. The topological polar surface area (TPSA) is 55.1 Å². The molecule has 0 aromatic rings. The van der Waals surface area contributed by atoms with Crippen molar-refractivity contribution in [1.29, 1.82) is 0 Å².